The predicted molar refractivity (Wildman–Crippen MR) is 68.6 cm³/mol. The summed E-state index contributed by atoms with van der Waals surface area (Å²) in [4.78, 5) is 11.2. The van der Waals surface area contributed by atoms with Gasteiger partial charge >= 0.3 is 18.5 Å². The smallest absolute Gasteiger partial charge is 0.478 e. The first-order valence-electron chi connectivity index (χ1n) is 8.47. The van der Waals surface area contributed by atoms with Crippen molar-refractivity contribution < 1.29 is 52.6 Å². The van der Waals surface area contributed by atoms with Gasteiger partial charge in [0.2, 0.25) is 6.10 Å². The zero-order valence-electron chi connectivity index (χ0n) is 16.2. The summed E-state index contributed by atoms with van der Waals surface area (Å²) in [5, 5.41) is 8.99. The number of rotatable bonds is 3. The molecule has 1 aromatic carbocycles. The van der Waals surface area contributed by atoms with Gasteiger partial charge in [-0.05, 0) is 30.1 Å². The molecule has 0 amide bonds. The van der Waals surface area contributed by atoms with E-state index < -0.39 is 66.0 Å². The molecule has 0 aliphatic carbocycles. The Morgan fingerprint density at radius 3 is 2.54 bits per heavy atom. The maximum absolute atomic E-state index is 13.2. The van der Waals surface area contributed by atoms with Crippen molar-refractivity contribution in [3.63, 3.8) is 0 Å². The highest BCUT2D eigenvalue weighted by Crippen LogP contribution is 2.41. The summed E-state index contributed by atoms with van der Waals surface area (Å²) in [6.45, 7) is -3.52. The molecule has 24 heavy (non-hydrogen) atoms. The summed E-state index contributed by atoms with van der Waals surface area (Å²) in [5.74, 6) is -4.33. The van der Waals surface area contributed by atoms with Crippen molar-refractivity contribution in [3.05, 3.63) is 28.8 Å². The molecule has 1 atom stereocenters. The van der Waals surface area contributed by atoms with Crippen LogP contribution in [0.1, 0.15) is 24.8 Å². The number of hydrogen-bond acceptors (Lipinski definition) is 3. The van der Waals surface area contributed by atoms with Gasteiger partial charge in [0, 0.05) is 12.4 Å². The molecule has 1 aliphatic heterocycles. The van der Waals surface area contributed by atoms with E-state index in [4.69, 9.17) is 12.0 Å². The Labute approximate surface area is 138 Å². The molecule has 0 radical (unpaired) electrons. The standard InChI is InChI=1S/C14H10F6O4/c1-2-6-3-8(24-14(18,19)20)4-7-5-9(12(21)22)11(13(15,16)17)23-10(6)7/h3-5,11H,2H2,1H3,(H,21,22)/i1D3,2D2. The van der Waals surface area contributed by atoms with E-state index in [9.17, 15) is 31.1 Å². The third-order valence-corrected chi connectivity index (χ3v) is 2.83. The fourth-order valence-corrected chi connectivity index (χ4v) is 1.99. The molecule has 0 bridgehead atoms. The third kappa shape index (κ3) is 3.74. The number of hydrogen-bond donors (Lipinski definition) is 1. The summed E-state index contributed by atoms with van der Waals surface area (Å²) >= 11 is 0. The summed E-state index contributed by atoms with van der Waals surface area (Å²) in [5.41, 5.74) is -3.31. The van der Waals surface area contributed by atoms with Crippen LogP contribution in [-0.4, -0.2) is 29.7 Å². The summed E-state index contributed by atoms with van der Waals surface area (Å²) in [6, 6.07) is 0.698. The molecule has 1 aliphatic rings. The fourth-order valence-electron chi connectivity index (χ4n) is 1.99. The number of alkyl halides is 6. The van der Waals surface area contributed by atoms with Gasteiger partial charge in [-0.3, -0.25) is 0 Å². The third-order valence-electron chi connectivity index (χ3n) is 2.83. The van der Waals surface area contributed by atoms with Crippen molar-refractivity contribution >= 4 is 12.0 Å². The molecular formula is C14H10F6O4. The average Bonchev–Trinajstić information content (AvgIpc) is 2.49. The number of carboxylic acid groups (broad SMARTS) is 1. The molecule has 10 heteroatoms. The van der Waals surface area contributed by atoms with E-state index >= 15 is 0 Å². The molecule has 0 aromatic heterocycles. The molecular weight excluding hydrogens is 346 g/mol. The fraction of sp³-hybridized carbons (Fsp3) is 0.357. The molecule has 132 valence electrons. The zero-order chi connectivity index (χ0) is 22.6. The van der Waals surface area contributed by atoms with Crippen LogP contribution in [0.15, 0.2) is 17.7 Å². The van der Waals surface area contributed by atoms with Crippen LogP contribution in [-0.2, 0) is 11.2 Å². The van der Waals surface area contributed by atoms with E-state index in [0.29, 0.717) is 12.1 Å². The highest BCUT2D eigenvalue weighted by atomic mass is 19.4. The number of carbonyl (C=O) groups is 1. The topological polar surface area (TPSA) is 55.8 Å². The molecule has 1 heterocycles. The monoisotopic (exact) mass is 361 g/mol. The van der Waals surface area contributed by atoms with Crippen molar-refractivity contribution in [1.82, 2.24) is 0 Å². The Morgan fingerprint density at radius 1 is 1.38 bits per heavy atom. The second kappa shape index (κ2) is 5.91. The zero-order valence-corrected chi connectivity index (χ0v) is 11.2. The normalized spacial score (nSPS) is 21.8. The first-order valence-corrected chi connectivity index (χ1v) is 5.97. The number of fused-ring (bicyclic) bond motifs is 1. The van der Waals surface area contributed by atoms with Crippen molar-refractivity contribution in [2.75, 3.05) is 0 Å². The van der Waals surface area contributed by atoms with Gasteiger partial charge in [-0.2, -0.15) is 13.2 Å². The molecule has 0 fully saturated rings. The van der Waals surface area contributed by atoms with Crippen LogP contribution in [0.5, 0.6) is 11.5 Å². The van der Waals surface area contributed by atoms with E-state index in [-0.39, 0.29) is 6.07 Å². The van der Waals surface area contributed by atoms with Crippen LogP contribution in [0.2, 0.25) is 0 Å². The lowest BCUT2D eigenvalue weighted by Gasteiger charge is -2.28. The Morgan fingerprint density at radius 2 is 2.04 bits per heavy atom. The Balaban J connectivity index is 2.82. The van der Waals surface area contributed by atoms with Gasteiger partial charge in [-0.1, -0.05) is 6.85 Å². The highest BCUT2D eigenvalue weighted by Gasteiger charge is 2.48. The maximum atomic E-state index is 13.2. The van der Waals surface area contributed by atoms with Crippen LogP contribution in [0.25, 0.3) is 6.08 Å². The van der Waals surface area contributed by atoms with Crippen molar-refractivity contribution in [2.45, 2.75) is 31.9 Å². The Bertz CT molecular complexity index is 860. The van der Waals surface area contributed by atoms with E-state index in [0.717, 1.165) is 0 Å². The van der Waals surface area contributed by atoms with Crippen molar-refractivity contribution in [2.24, 2.45) is 0 Å². The summed E-state index contributed by atoms with van der Waals surface area (Å²) in [6.07, 6.45) is -16.9. The molecule has 0 saturated carbocycles. The molecule has 0 saturated heterocycles. The molecule has 0 spiro atoms. The number of carboxylic acids is 1. The van der Waals surface area contributed by atoms with Gasteiger partial charge < -0.3 is 14.6 Å². The lowest BCUT2D eigenvalue weighted by Crippen LogP contribution is -2.40. The van der Waals surface area contributed by atoms with Gasteiger partial charge in [-0.15, -0.1) is 13.2 Å². The Kier molecular flexibility index (Phi) is 2.97. The predicted octanol–water partition coefficient (Wildman–Crippen LogP) is 3.94. The minimum atomic E-state index is -5.30. The summed E-state index contributed by atoms with van der Waals surface area (Å²) in [7, 11) is 0. The quantitative estimate of drug-likeness (QED) is 0.829. The minimum absolute atomic E-state index is 0.242. The first-order chi connectivity index (χ1) is 12.8. The lowest BCUT2D eigenvalue weighted by atomic mass is 9.97. The molecule has 1 aromatic rings. The van der Waals surface area contributed by atoms with Crippen LogP contribution < -0.4 is 9.47 Å². The van der Waals surface area contributed by atoms with Crippen molar-refractivity contribution in [3.8, 4) is 11.5 Å². The van der Waals surface area contributed by atoms with Gasteiger partial charge in [-0.25, -0.2) is 4.79 Å². The van der Waals surface area contributed by atoms with E-state index in [1.54, 1.807) is 0 Å². The minimum Gasteiger partial charge on any atom is -0.478 e. The van der Waals surface area contributed by atoms with E-state index in [2.05, 4.69) is 9.47 Å². The summed E-state index contributed by atoms with van der Waals surface area (Å²) < 4.78 is 123. The first kappa shape index (κ1) is 12.0. The van der Waals surface area contributed by atoms with E-state index in [1.165, 1.54) is 0 Å². The highest BCUT2D eigenvalue weighted by molar-refractivity contribution is 5.95. The number of aliphatic carboxylic acids is 1. The lowest BCUT2D eigenvalue weighted by molar-refractivity contribution is -0.274. The number of aryl methyl sites for hydroxylation is 1. The number of benzene rings is 1. The number of ether oxygens (including phenoxy) is 2. The van der Waals surface area contributed by atoms with Gasteiger partial charge in [0.1, 0.15) is 11.5 Å². The maximum Gasteiger partial charge on any atom is 0.573 e. The number of halogens is 6. The second-order valence-corrected chi connectivity index (χ2v) is 4.51. The largest absolute Gasteiger partial charge is 0.573 e. The SMILES string of the molecule is [2H]C([2H])([2H])C([2H])([2H])c1cc(OC(F)(F)F)cc2c1OC(C(F)(F)F)C(C(=O)O)=C2. The molecule has 2 rings (SSSR count). The van der Waals surface area contributed by atoms with Gasteiger partial charge in [0.05, 0.1) is 5.57 Å². The molecule has 4 nitrogen and oxygen atoms in total. The molecule has 1 N–H and O–H groups in total. The van der Waals surface area contributed by atoms with E-state index in [1.807, 2.05) is 0 Å². The van der Waals surface area contributed by atoms with Crippen LogP contribution in [0.3, 0.4) is 0 Å². The average molecular weight is 361 g/mol. The Hall–Kier alpha value is -2.39. The molecule has 1 unspecified atom stereocenters. The van der Waals surface area contributed by atoms with Crippen LogP contribution in [0.4, 0.5) is 26.3 Å². The van der Waals surface area contributed by atoms with Gasteiger partial charge in [0.15, 0.2) is 0 Å². The van der Waals surface area contributed by atoms with Crippen molar-refractivity contribution in [1.29, 1.82) is 0 Å². The second-order valence-electron chi connectivity index (χ2n) is 4.51. The van der Waals surface area contributed by atoms with Crippen LogP contribution in [0, 0.1) is 0 Å². The van der Waals surface area contributed by atoms with Gasteiger partial charge in [0.25, 0.3) is 0 Å². The van der Waals surface area contributed by atoms with Crippen LogP contribution >= 0.6 is 0 Å².